The summed E-state index contributed by atoms with van der Waals surface area (Å²) in [7, 11) is 1.54. The lowest BCUT2D eigenvalue weighted by atomic mass is 10.2. The summed E-state index contributed by atoms with van der Waals surface area (Å²) in [6.45, 7) is 2.49. The molecule has 9 heteroatoms. The molecule has 0 aliphatic heterocycles. The molecule has 0 spiro atoms. The fraction of sp³-hybridized carbons (Fsp3) is 0.545. The molecule has 2 aromatic heterocycles. The van der Waals surface area contributed by atoms with E-state index in [2.05, 4.69) is 20.5 Å². The molecule has 0 saturated carbocycles. The van der Waals surface area contributed by atoms with Crippen LogP contribution < -0.4 is 0 Å². The van der Waals surface area contributed by atoms with Gasteiger partial charge >= 0.3 is 5.97 Å². The average molecular weight is 281 g/mol. The van der Waals surface area contributed by atoms with Gasteiger partial charge in [-0.25, -0.2) is 9.48 Å². The van der Waals surface area contributed by atoms with E-state index in [1.165, 1.54) is 4.68 Å². The first-order valence-corrected chi connectivity index (χ1v) is 6.11. The van der Waals surface area contributed by atoms with E-state index in [1.807, 2.05) is 6.92 Å². The lowest BCUT2D eigenvalue weighted by Crippen LogP contribution is -2.12. The zero-order valence-electron chi connectivity index (χ0n) is 11.2. The first-order valence-electron chi connectivity index (χ1n) is 6.11. The normalized spacial score (nSPS) is 10.9. The van der Waals surface area contributed by atoms with Crippen molar-refractivity contribution in [3.63, 3.8) is 0 Å². The van der Waals surface area contributed by atoms with E-state index in [0.29, 0.717) is 36.9 Å². The van der Waals surface area contributed by atoms with E-state index in [4.69, 9.17) is 14.4 Å². The van der Waals surface area contributed by atoms with Crippen LogP contribution in [0.15, 0.2) is 4.52 Å². The zero-order valence-corrected chi connectivity index (χ0v) is 11.2. The van der Waals surface area contributed by atoms with Crippen LogP contribution in [0, 0.1) is 0 Å². The molecule has 0 aromatic carbocycles. The van der Waals surface area contributed by atoms with Crippen LogP contribution in [-0.2, 0) is 24.1 Å². The highest BCUT2D eigenvalue weighted by molar-refractivity contribution is 5.86. The maximum Gasteiger partial charge on any atom is 0.358 e. The van der Waals surface area contributed by atoms with Crippen LogP contribution in [-0.4, -0.2) is 49.9 Å². The quantitative estimate of drug-likeness (QED) is 0.762. The summed E-state index contributed by atoms with van der Waals surface area (Å²) in [4.78, 5) is 15.2. The second kappa shape index (κ2) is 6.24. The summed E-state index contributed by atoms with van der Waals surface area (Å²) in [6.07, 6.45) is 1.03. The molecule has 2 aromatic rings. The number of carbonyl (C=O) groups is 1. The second-order valence-corrected chi connectivity index (χ2v) is 4.05. The van der Waals surface area contributed by atoms with Gasteiger partial charge in [0.1, 0.15) is 6.54 Å². The Kier molecular flexibility index (Phi) is 4.41. The zero-order chi connectivity index (χ0) is 14.5. The van der Waals surface area contributed by atoms with E-state index in [1.54, 1.807) is 7.11 Å². The molecule has 9 nitrogen and oxygen atoms in total. The summed E-state index contributed by atoms with van der Waals surface area (Å²) in [5.41, 5.74) is 0.392. The Balaban J connectivity index is 2.23. The van der Waals surface area contributed by atoms with Crippen LogP contribution in [0.3, 0.4) is 0 Å². The van der Waals surface area contributed by atoms with Crippen LogP contribution in [0.5, 0.6) is 0 Å². The van der Waals surface area contributed by atoms with Crippen molar-refractivity contribution in [2.24, 2.45) is 0 Å². The maximum absolute atomic E-state index is 11.1. The standard InChI is InChI=1S/C11H15N5O4/c1-3-9-12-8(14-20-9)6-16-7(4-5-19-2)10(11(17)18)13-15-16/h3-6H2,1-2H3,(H,17,18). The average Bonchev–Trinajstić information content (AvgIpc) is 3.03. The summed E-state index contributed by atoms with van der Waals surface area (Å²) in [6, 6.07) is 0. The van der Waals surface area contributed by atoms with Crippen LogP contribution >= 0.6 is 0 Å². The Morgan fingerprint density at radius 2 is 2.30 bits per heavy atom. The molecule has 0 aliphatic carbocycles. The highest BCUT2D eigenvalue weighted by Gasteiger charge is 2.19. The number of ether oxygens (including phenoxy) is 1. The number of aromatic nitrogens is 5. The molecule has 0 amide bonds. The first kappa shape index (κ1) is 14.1. The molecule has 0 bridgehead atoms. The Hall–Kier alpha value is -2.29. The number of aryl methyl sites for hydroxylation is 1. The van der Waals surface area contributed by atoms with Gasteiger partial charge in [0.15, 0.2) is 11.5 Å². The first-order chi connectivity index (χ1) is 9.65. The predicted molar refractivity (Wildman–Crippen MR) is 65.3 cm³/mol. The van der Waals surface area contributed by atoms with Gasteiger partial charge in [-0.15, -0.1) is 5.10 Å². The van der Waals surface area contributed by atoms with Crippen molar-refractivity contribution in [3.8, 4) is 0 Å². The van der Waals surface area contributed by atoms with Crippen LogP contribution in [0.25, 0.3) is 0 Å². The van der Waals surface area contributed by atoms with Gasteiger partial charge in [0.05, 0.1) is 12.3 Å². The third-order valence-corrected chi connectivity index (χ3v) is 2.69. The minimum atomic E-state index is -1.12. The Morgan fingerprint density at radius 3 is 2.90 bits per heavy atom. The Labute approximate surface area is 114 Å². The smallest absolute Gasteiger partial charge is 0.358 e. The summed E-state index contributed by atoms with van der Waals surface area (Å²) in [5.74, 6) is -0.163. The molecule has 0 unspecified atom stereocenters. The van der Waals surface area contributed by atoms with Gasteiger partial charge < -0.3 is 14.4 Å². The Bertz CT molecular complexity index is 591. The number of hydrogen-bond acceptors (Lipinski definition) is 7. The van der Waals surface area contributed by atoms with Crippen LogP contribution in [0.1, 0.15) is 34.8 Å². The largest absolute Gasteiger partial charge is 0.476 e. The van der Waals surface area contributed by atoms with Gasteiger partial charge in [0.2, 0.25) is 5.89 Å². The minimum Gasteiger partial charge on any atom is -0.476 e. The minimum absolute atomic E-state index is 0.0822. The van der Waals surface area contributed by atoms with Gasteiger partial charge in [-0.2, -0.15) is 4.98 Å². The fourth-order valence-electron chi connectivity index (χ4n) is 1.70. The SMILES string of the molecule is CCc1nc(Cn2nnc(C(=O)O)c2CCOC)no1. The number of carboxylic acid groups (broad SMARTS) is 1. The summed E-state index contributed by atoms with van der Waals surface area (Å²) >= 11 is 0. The molecule has 0 radical (unpaired) electrons. The molecule has 108 valence electrons. The highest BCUT2D eigenvalue weighted by atomic mass is 16.5. The monoisotopic (exact) mass is 281 g/mol. The van der Waals surface area contributed by atoms with E-state index in [-0.39, 0.29) is 12.2 Å². The molecular formula is C11H15N5O4. The summed E-state index contributed by atoms with van der Waals surface area (Å²) < 4.78 is 11.4. The van der Waals surface area contributed by atoms with Crippen LogP contribution in [0.2, 0.25) is 0 Å². The molecule has 1 N–H and O–H groups in total. The van der Waals surface area contributed by atoms with Gasteiger partial charge in [0.25, 0.3) is 0 Å². The van der Waals surface area contributed by atoms with E-state index < -0.39 is 5.97 Å². The molecule has 0 saturated heterocycles. The fourth-order valence-corrected chi connectivity index (χ4v) is 1.70. The number of nitrogens with zero attached hydrogens (tertiary/aromatic N) is 5. The maximum atomic E-state index is 11.1. The van der Waals surface area contributed by atoms with Gasteiger partial charge in [0, 0.05) is 20.0 Å². The van der Waals surface area contributed by atoms with E-state index >= 15 is 0 Å². The van der Waals surface area contributed by atoms with Gasteiger partial charge in [-0.3, -0.25) is 0 Å². The lowest BCUT2D eigenvalue weighted by Gasteiger charge is -2.04. The molecule has 2 rings (SSSR count). The van der Waals surface area contributed by atoms with Crippen molar-refractivity contribution < 1.29 is 19.2 Å². The summed E-state index contributed by atoms with van der Waals surface area (Å²) in [5, 5.41) is 20.4. The molecule has 20 heavy (non-hydrogen) atoms. The van der Waals surface area contributed by atoms with Crippen LogP contribution in [0.4, 0.5) is 0 Å². The highest BCUT2D eigenvalue weighted by Crippen LogP contribution is 2.09. The molecule has 0 atom stereocenters. The number of methoxy groups -OCH3 is 1. The molecule has 2 heterocycles. The van der Waals surface area contributed by atoms with Gasteiger partial charge in [-0.1, -0.05) is 17.3 Å². The molecular weight excluding hydrogens is 266 g/mol. The third-order valence-electron chi connectivity index (χ3n) is 2.69. The molecule has 0 aliphatic rings. The van der Waals surface area contributed by atoms with Crippen molar-refractivity contribution in [1.29, 1.82) is 0 Å². The van der Waals surface area contributed by atoms with Crippen molar-refractivity contribution in [2.45, 2.75) is 26.3 Å². The van der Waals surface area contributed by atoms with Crippen molar-refractivity contribution in [1.82, 2.24) is 25.1 Å². The number of rotatable bonds is 7. The number of hydrogen-bond donors (Lipinski definition) is 1. The Morgan fingerprint density at radius 1 is 1.50 bits per heavy atom. The lowest BCUT2D eigenvalue weighted by molar-refractivity contribution is 0.0688. The van der Waals surface area contributed by atoms with Crippen molar-refractivity contribution in [2.75, 3.05) is 13.7 Å². The third kappa shape index (κ3) is 2.99. The van der Waals surface area contributed by atoms with E-state index in [9.17, 15) is 4.79 Å². The molecule has 0 fully saturated rings. The predicted octanol–water partition coefficient (Wildman–Crippen LogP) is 0.159. The van der Waals surface area contributed by atoms with E-state index in [0.717, 1.165) is 0 Å². The number of carboxylic acids is 1. The topological polar surface area (TPSA) is 116 Å². The number of aromatic carboxylic acids is 1. The van der Waals surface area contributed by atoms with Crippen molar-refractivity contribution in [3.05, 3.63) is 23.1 Å². The van der Waals surface area contributed by atoms with Crippen molar-refractivity contribution >= 4 is 5.97 Å². The second-order valence-electron chi connectivity index (χ2n) is 4.05. The van der Waals surface area contributed by atoms with Gasteiger partial charge in [-0.05, 0) is 0 Å².